The van der Waals surface area contributed by atoms with Gasteiger partial charge in [-0.3, -0.25) is 9.59 Å². The molecule has 264 valence electrons. The Bertz CT molecular complexity index is 1130. The zero-order valence-corrected chi connectivity index (χ0v) is 29.5. The third kappa shape index (κ3) is 5.42. The highest BCUT2D eigenvalue weighted by Crippen LogP contribution is 2.61. The Morgan fingerprint density at radius 2 is 1.20 bits per heavy atom. The van der Waals surface area contributed by atoms with E-state index in [9.17, 15) is 35.1 Å². The van der Waals surface area contributed by atoms with Crippen molar-refractivity contribution in [1.82, 2.24) is 10.6 Å². The predicted molar refractivity (Wildman–Crippen MR) is 163 cm³/mol. The summed E-state index contributed by atoms with van der Waals surface area (Å²) >= 11 is 0. The van der Waals surface area contributed by atoms with Crippen LogP contribution in [0.5, 0.6) is 0 Å². The van der Waals surface area contributed by atoms with Crippen LogP contribution in [-0.2, 0) is 33.3 Å². The molecule has 0 aromatic heterocycles. The molecule has 0 aliphatic carbocycles. The number of ether oxygens (including phenoxy) is 5. The van der Waals surface area contributed by atoms with E-state index < -0.39 is 87.4 Å². The number of rotatable bonds is 11. The first-order valence-electron chi connectivity index (χ1n) is 15.4. The van der Waals surface area contributed by atoms with Crippen molar-refractivity contribution in [2.75, 3.05) is 26.4 Å². The molecule has 2 heterocycles. The van der Waals surface area contributed by atoms with Crippen molar-refractivity contribution >= 4 is 11.8 Å². The topological polar surface area (TPSA) is 206 Å². The van der Waals surface area contributed by atoms with Gasteiger partial charge >= 0.3 is 0 Å². The Morgan fingerprint density at radius 1 is 0.733 bits per heavy atom. The Kier molecular flexibility index (Phi) is 10.5. The van der Waals surface area contributed by atoms with Gasteiger partial charge in [-0.2, -0.15) is 0 Å². The van der Waals surface area contributed by atoms with Gasteiger partial charge in [0.1, 0.15) is 44.7 Å². The predicted octanol–water partition coefficient (Wildman–Crippen LogP) is 0.241. The Hall–Kier alpha value is -1.46. The monoisotopic (exact) mass is 650 g/mol. The van der Waals surface area contributed by atoms with Gasteiger partial charge in [0, 0.05) is 20.5 Å². The summed E-state index contributed by atoms with van der Waals surface area (Å²) in [6, 6.07) is 0. The minimum absolute atomic E-state index is 0.106. The van der Waals surface area contributed by atoms with Crippen molar-refractivity contribution in [3.05, 3.63) is 0 Å². The van der Waals surface area contributed by atoms with Crippen LogP contribution in [0, 0.1) is 0 Å². The molecule has 0 bridgehead atoms. The largest absolute Gasteiger partial charge is 0.393 e. The third-order valence-electron chi connectivity index (χ3n) is 11.4. The molecule has 45 heavy (non-hydrogen) atoms. The number of nitrogens with one attached hydrogen (secondary N) is 2. The summed E-state index contributed by atoms with van der Waals surface area (Å²) in [4.78, 5) is 25.5. The molecule has 2 aliphatic rings. The molecule has 0 radical (unpaired) electrons. The van der Waals surface area contributed by atoms with Crippen molar-refractivity contribution in [2.24, 2.45) is 0 Å². The normalized spacial score (nSPS) is 49.3. The van der Waals surface area contributed by atoms with Crippen LogP contribution < -0.4 is 10.6 Å². The summed E-state index contributed by atoms with van der Waals surface area (Å²) in [7, 11) is 0. The molecule has 2 aliphatic heterocycles. The molecule has 7 N–H and O–H groups in total. The van der Waals surface area contributed by atoms with Crippen LogP contribution >= 0.6 is 0 Å². The lowest BCUT2D eigenvalue weighted by Crippen LogP contribution is -2.93. The molecular formula is C31H58N2O12. The average Bonchev–Trinajstić information content (AvgIpc) is 2.88. The van der Waals surface area contributed by atoms with Gasteiger partial charge in [-0.25, -0.2) is 0 Å². The maximum Gasteiger partial charge on any atom is 0.217 e. The van der Waals surface area contributed by atoms with Gasteiger partial charge in [0.25, 0.3) is 0 Å². The summed E-state index contributed by atoms with van der Waals surface area (Å²) in [5.74, 6) is -5.50. The minimum Gasteiger partial charge on any atom is -0.393 e. The van der Waals surface area contributed by atoms with Crippen LogP contribution in [0.25, 0.3) is 0 Å². The molecule has 0 aromatic carbocycles. The second-order valence-corrected chi connectivity index (χ2v) is 14.4. The van der Waals surface area contributed by atoms with E-state index in [1.807, 2.05) is 6.92 Å². The second kappa shape index (κ2) is 11.9. The first-order valence-corrected chi connectivity index (χ1v) is 15.4. The number of carbonyl (C=O) groups excluding carboxylic acids is 2. The first kappa shape index (κ1) is 39.7. The number of hydrogen-bond donors (Lipinski definition) is 7. The summed E-state index contributed by atoms with van der Waals surface area (Å²) < 4.78 is 32.1. The molecule has 5 unspecified atom stereocenters. The summed E-state index contributed by atoms with van der Waals surface area (Å²) in [6.45, 7) is 19.2. The van der Waals surface area contributed by atoms with Gasteiger partial charge in [-0.15, -0.1) is 0 Å². The maximum absolute atomic E-state index is 12.7. The molecule has 14 nitrogen and oxygen atoms in total. The Balaban J connectivity index is 3.09. The van der Waals surface area contributed by atoms with Crippen LogP contribution in [0.4, 0.5) is 0 Å². The SMILES string of the molecule is CCOCC(C)O[C@@]1(C)C(C)(NC(C)=O)[C@](C)(O)OC(C)(CO)[C@@]1(C)O[C@]1(C)OC(C)(CO)[C@@](C)(O)[C@@](C)(O)C1(C)NC(C)=O. The number of carbonyl (C=O) groups is 2. The van der Waals surface area contributed by atoms with Gasteiger partial charge in [0.2, 0.25) is 11.8 Å². The first-order chi connectivity index (χ1) is 20.0. The molecule has 2 saturated heterocycles. The third-order valence-corrected chi connectivity index (χ3v) is 11.4. The summed E-state index contributed by atoms with van der Waals surface area (Å²) in [5, 5.41) is 62.9. The second-order valence-electron chi connectivity index (χ2n) is 14.4. The van der Waals surface area contributed by atoms with Gasteiger partial charge in [-0.1, -0.05) is 0 Å². The molecule has 0 spiro atoms. The highest BCUT2D eigenvalue weighted by atomic mass is 16.8. The van der Waals surface area contributed by atoms with E-state index in [0.29, 0.717) is 6.61 Å². The van der Waals surface area contributed by atoms with Gasteiger partial charge in [0.05, 0.1) is 25.9 Å². The maximum atomic E-state index is 12.7. The highest BCUT2D eigenvalue weighted by molar-refractivity contribution is 5.75. The molecule has 14 heteroatoms. The van der Waals surface area contributed by atoms with Crippen molar-refractivity contribution in [3.63, 3.8) is 0 Å². The standard InChI is InChI=1S/C31H58N2O12/c1-15-41-16-19(2)42-29(12)25(8,33-21(4)37)30(13,40)43-23(6,18-35)28(29,11)45-31(14)24(7,32-20(3)36)27(10,39)26(9,38)22(5,17-34)44-31/h19,34-35,38-40H,15-18H2,1-14H3,(H,32,36)(H,33,37)/t19?,22?,23?,24?,25?,26-,27+,28-,29+,30-,31+/m1/s1. The zero-order valence-electron chi connectivity index (χ0n) is 29.5. The number of amides is 2. The van der Waals surface area contributed by atoms with E-state index in [4.69, 9.17) is 23.7 Å². The average molecular weight is 651 g/mol. The number of aliphatic hydroxyl groups excluding tert-OH is 2. The van der Waals surface area contributed by atoms with Crippen LogP contribution in [0.2, 0.25) is 0 Å². The molecule has 0 saturated carbocycles. The lowest BCUT2D eigenvalue weighted by molar-refractivity contribution is -0.494. The Morgan fingerprint density at radius 3 is 1.62 bits per heavy atom. The molecule has 2 fully saturated rings. The molecule has 11 atom stereocenters. The van der Waals surface area contributed by atoms with Crippen molar-refractivity contribution in [3.8, 4) is 0 Å². The van der Waals surface area contributed by atoms with E-state index in [-0.39, 0.29) is 6.61 Å². The van der Waals surface area contributed by atoms with Crippen LogP contribution in [-0.4, -0.2) is 126 Å². The number of aliphatic hydroxyl groups is 5. The van der Waals surface area contributed by atoms with E-state index in [2.05, 4.69) is 10.6 Å². The molecule has 0 aromatic rings. The quantitative estimate of drug-likeness (QED) is 0.161. The van der Waals surface area contributed by atoms with E-state index in [0.717, 1.165) is 0 Å². The molecule has 2 amide bonds. The fraction of sp³-hybridized carbons (Fsp3) is 0.935. The van der Waals surface area contributed by atoms with Crippen LogP contribution in [0.1, 0.15) is 96.9 Å². The lowest BCUT2D eigenvalue weighted by atomic mass is 9.57. The van der Waals surface area contributed by atoms with Gasteiger partial charge < -0.3 is 59.9 Å². The van der Waals surface area contributed by atoms with Gasteiger partial charge in [-0.05, 0) is 83.1 Å². The fourth-order valence-corrected chi connectivity index (χ4v) is 7.35. The smallest absolute Gasteiger partial charge is 0.217 e. The van der Waals surface area contributed by atoms with Crippen molar-refractivity contribution in [1.29, 1.82) is 0 Å². The van der Waals surface area contributed by atoms with Gasteiger partial charge in [0.15, 0.2) is 11.6 Å². The van der Waals surface area contributed by atoms with E-state index in [1.165, 1.54) is 76.2 Å². The number of hydrogen-bond acceptors (Lipinski definition) is 12. The van der Waals surface area contributed by atoms with E-state index in [1.54, 1.807) is 13.8 Å². The minimum atomic E-state index is -2.26. The summed E-state index contributed by atoms with van der Waals surface area (Å²) in [5.41, 5.74) is -15.8. The Labute approximate surface area is 267 Å². The van der Waals surface area contributed by atoms with Crippen molar-refractivity contribution in [2.45, 2.75) is 159 Å². The fourth-order valence-electron chi connectivity index (χ4n) is 7.35. The summed E-state index contributed by atoms with van der Waals surface area (Å²) in [6.07, 6.45) is -0.684. The van der Waals surface area contributed by atoms with E-state index >= 15 is 0 Å². The molecule has 2 rings (SSSR count). The van der Waals surface area contributed by atoms with Crippen molar-refractivity contribution < 1.29 is 58.8 Å². The molecular weight excluding hydrogens is 592 g/mol. The zero-order chi connectivity index (χ0) is 35.5. The van der Waals surface area contributed by atoms with Crippen LogP contribution in [0.3, 0.4) is 0 Å². The highest BCUT2D eigenvalue weighted by Gasteiger charge is 2.81. The van der Waals surface area contributed by atoms with Crippen LogP contribution in [0.15, 0.2) is 0 Å². The lowest BCUT2D eigenvalue weighted by Gasteiger charge is -2.72.